The molecule has 0 aliphatic carbocycles. The van der Waals surface area contributed by atoms with Crippen LogP contribution in [0, 0.1) is 5.92 Å². The van der Waals surface area contributed by atoms with E-state index in [0.29, 0.717) is 0 Å². The second kappa shape index (κ2) is 7.62. The summed E-state index contributed by atoms with van der Waals surface area (Å²) in [5.41, 5.74) is 2.61. The molecular weight excluding hydrogens is 230 g/mol. The Balaban J connectivity index is 2.68. The fourth-order valence-electron chi connectivity index (χ4n) is 1.66. The summed E-state index contributed by atoms with van der Waals surface area (Å²) in [5.74, 6) is 3.96. The van der Waals surface area contributed by atoms with E-state index >= 15 is 0 Å². The molecule has 17 heavy (non-hydrogen) atoms. The van der Waals surface area contributed by atoms with Crippen LogP contribution in [0.5, 0.6) is 5.75 Å². The Bertz CT molecular complexity index is 339. The minimum atomic E-state index is 0.742. The summed E-state index contributed by atoms with van der Waals surface area (Å²) in [6.45, 7) is 5.41. The minimum Gasteiger partial charge on any atom is -0.496 e. The number of nitrogens with one attached hydrogen (secondary N) is 1. The largest absolute Gasteiger partial charge is 0.496 e. The van der Waals surface area contributed by atoms with Crippen molar-refractivity contribution in [2.45, 2.75) is 26.1 Å². The number of benzene rings is 1. The molecule has 0 bridgehead atoms. The highest BCUT2D eigenvalue weighted by molar-refractivity contribution is 7.98. The molecule has 0 fully saturated rings. The molecule has 0 saturated carbocycles. The second-order valence-corrected chi connectivity index (χ2v) is 5.62. The molecule has 1 aromatic rings. The molecule has 0 heterocycles. The van der Waals surface area contributed by atoms with Crippen LogP contribution >= 0.6 is 11.8 Å². The quantitative estimate of drug-likeness (QED) is 0.805. The molecule has 1 rings (SSSR count). The predicted molar refractivity (Wildman–Crippen MR) is 76.8 cm³/mol. The number of thioether (sulfide) groups is 1. The number of rotatable bonds is 7. The van der Waals surface area contributed by atoms with Crippen molar-refractivity contribution in [3.63, 3.8) is 0 Å². The molecule has 0 amide bonds. The first kappa shape index (κ1) is 14.4. The van der Waals surface area contributed by atoms with Gasteiger partial charge >= 0.3 is 0 Å². The maximum atomic E-state index is 5.40. The van der Waals surface area contributed by atoms with Crippen molar-refractivity contribution in [1.82, 2.24) is 5.32 Å². The molecule has 0 spiro atoms. The lowest BCUT2D eigenvalue weighted by Crippen LogP contribution is -2.05. The van der Waals surface area contributed by atoms with Crippen molar-refractivity contribution in [3.8, 4) is 5.75 Å². The zero-order valence-electron chi connectivity index (χ0n) is 11.2. The van der Waals surface area contributed by atoms with Crippen molar-refractivity contribution in [1.29, 1.82) is 0 Å². The topological polar surface area (TPSA) is 21.3 Å². The third-order valence-corrected chi connectivity index (χ3v) is 3.85. The van der Waals surface area contributed by atoms with Gasteiger partial charge in [0.15, 0.2) is 0 Å². The molecule has 0 aliphatic rings. The summed E-state index contributed by atoms with van der Waals surface area (Å²) in [7, 11) is 3.71. The highest BCUT2D eigenvalue weighted by Crippen LogP contribution is 2.25. The van der Waals surface area contributed by atoms with Crippen LogP contribution in [0.4, 0.5) is 0 Å². The Morgan fingerprint density at radius 2 is 2.12 bits per heavy atom. The lowest BCUT2D eigenvalue weighted by Gasteiger charge is -2.11. The number of hydrogen-bond acceptors (Lipinski definition) is 3. The first-order valence-electron chi connectivity index (χ1n) is 6.05. The SMILES string of the molecule is CNCc1ccc(OC)c(CSCC(C)C)c1. The van der Waals surface area contributed by atoms with Gasteiger partial charge in [-0.1, -0.05) is 19.9 Å². The number of ether oxygens (including phenoxy) is 1. The van der Waals surface area contributed by atoms with E-state index in [1.807, 2.05) is 18.8 Å². The molecule has 2 nitrogen and oxygen atoms in total. The summed E-state index contributed by atoms with van der Waals surface area (Å²) in [6, 6.07) is 6.42. The summed E-state index contributed by atoms with van der Waals surface area (Å²) in [4.78, 5) is 0. The van der Waals surface area contributed by atoms with Crippen LogP contribution in [0.25, 0.3) is 0 Å². The summed E-state index contributed by atoms with van der Waals surface area (Å²) in [6.07, 6.45) is 0. The molecule has 1 N–H and O–H groups in total. The maximum Gasteiger partial charge on any atom is 0.122 e. The molecule has 3 heteroatoms. The van der Waals surface area contributed by atoms with Gasteiger partial charge in [-0.15, -0.1) is 0 Å². The number of methoxy groups -OCH3 is 1. The van der Waals surface area contributed by atoms with Crippen molar-refractivity contribution in [2.75, 3.05) is 19.9 Å². The Morgan fingerprint density at radius 1 is 1.35 bits per heavy atom. The van der Waals surface area contributed by atoms with E-state index in [0.717, 1.165) is 24.0 Å². The van der Waals surface area contributed by atoms with E-state index in [-0.39, 0.29) is 0 Å². The van der Waals surface area contributed by atoms with Crippen LogP contribution in [0.15, 0.2) is 18.2 Å². The van der Waals surface area contributed by atoms with Gasteiger partial charge < -0.3 is 10.1 Å². The van der Waals surface area contributed by atoms with E-state index in [1.165, 1.54) is 16.9 Å². The Morgan fingerprint density at radius 3 is 2.71 bits per heavy atom. The highest BCUT2D eigenvalue weighted by Gasteiger charge is 2.05. The first-order chi connectivity index (χ1) is 8.17. The highest BCUT2D eigenvalue weighted by atomic mass is 32.2. The lowest BCUT2D eigenvalue weighted by molar-refractivity contribution is 0.411. The zero-order chi connectivity index (χ0) is 12.7. The Labute approximate surface area is 109 Å². The third-order valence-electron chi connectivity index (χ3n) is 2.43. The van der Waals surface area contributed by atoms with Gasteiger partial charge in [0.05, 0.1) is 7.11 Å². The van der Waals surface area contributed by atoms with Gasteiger partial charge in [0, 0.05) is 17.9 Å². The van der Waals surface area contributed by atoms with Crippen molar-refractivity contribution in [3.05, 3.63) is 29.3 Å². The maximum absolute atomic E-state index is 5.40. The van der Waals surface area contributed by atoms with E-state index < -0.39 is 0 Å². The number of hydrogen-bond donors (Lipinski definition) is 1. The van der Waals surface area contributed by atoms with Gasteiger partial charge in [0.25, 0.3) is 0 Å². The van der Waals surface area contributed by atoms with Crippen LogP contribution < -0.4 is 10.1 Å². The monoisotopic (exact) mass is 253 g/mol. The average Bonchev–Trinajstić information content (AvgIpc) is 2.29. The van der Waals surface area contributed by atoms with Gasteiger partial charge in [-0.25, -0.2) is 0 Å². The predicted octanol–water partition coefficient (Wildman–Crippen LogP) is 3.30. The van der Waals surface area contributed by atoms with Gasteiger partial charge in [0.1, 0.15) is 5.75 Å². The smallest absolute Gasteiger partial charge is 0.122 e. The van der Waals surface area contributed by atoms with Gasteiger partial charge in [-0.3, -0.25) is 0 Å². The Kier molecular flexibility index (Phi) is 6.45. The van der Waals surface area contributed by atoms with Crippen LogP contribution in [-0.4, -0.2) is 19.9 Å². The van der Waals surface area contributed by atoms with E-state index in [9.17, 15) is 0 Å². The van der Waals surface area contributed by atoms with Gasteiger partial charge in [-0.2, -0.15) is 11.8 Å². The molecule has 0 saturated heterocycles. The molecule has 0 aliphatic heterocycles. The average molecular weight is 253 g/mol. The lowest BCUT2D eigenvalue weighted by atomic mass is 10.1. The fourth-order valence-corrected chi connectivity index (χ4v) is 2.70. The molecule has 96 valence electrons. The van der Waals surface area contributed by atoms with Gasteiger partial charge in [0.2, 0.25) is 0 Å². The second-order valence-electron chi connectivity index (χ2n) is 4.59. The molecule has 0 radical (unpaired) electrons. The van der Waals surface area contributed by atoms with Gasteiger partial charge in [-0.05, 0) is 36.4 Å². The normalized spacial score (nSPS) is 10.9. The van der Waals surface area contributed by atoms with E-state index in [4.69, 9.17) is 4.74 Å². The van der Waals surface area contributed by atoms with Crippen molar-refractivity contribution >= 4 is 11.8 Å². The summed E-state index contributed by atoms with van der Waals surface area (Å²) < 4.78 is 5.40. The molecular formula is C14H23NOS. The summed E-state index contributed by atoms with van der Waals surface area (Å²) >= 11 is 1.97. The zero-order valence-corrected chi connectivity index (χ0v) is 12.1. The summed E-state index contributed by atoms with van der Waals surface area (Å²) in [5, 5.41) is 3.18. The van der Waals surface area contributed by atoms with Crippen LogP contribution in [-0.2, 0) is 12.3 Å². The van der Waals surface area contributed by atoms with Crippen LogP contribution in [0.3, 0.4) is 0 Å². The van der Waals surface area contributed by atoms with Crippen LogP contribution in [0.2, 0.25) is 0 Å². The fraction of sp³-hybridized carbons (Fsp3) is 0.571. The van der Waals surface area contributed by atoms with E-state index in [2.05, 4.69) is 37.4 Å². The van der Waals surface area contributed by atoms with Crippen molar-refractivity contribution in [2.24, 2.45) is 5.92 Å². The Hall–Kier alpha value is -0.670. The standard InChI is InChI=1S/C14H23NOS/c1-11(2)9-17-10-13-7-12(8-15-3)5-6-14(13)16-4/h5-7,11,15H,8-10H2,1-4H3. The molecule has 0 aromatic heterocycles. The minimum absolute atomic E-state index is 0.742. The third kappa shape index (κ3) is 5.00. The molecule has 1 aromatic carbocycles. The molecule has 0 unspecified atom stereocenters. The first-order valence-corrected chi connectivity index (χ1v) is 7.21. The van der Waals surface area contributed by atoms with E-state index in [1.54, 1.807) is 7.11 Å². The van der Waals surface area contributed by atoms with Crippen LogP contribution in [0.1, 0.15) is 25.0 Å². The van der Waals surface area contributed by atoms with Crippen molar-refractivity contribution < 1.29 is 4.74 Å². The molecule has 0 atom stereocenters.